The zero-order chi connectivity index (χ0) is 33.8. The number of para-hydroxylation sites is 3. The molecule has 0 aliphatic heterocycles. The van der Waals surface area contributed by atoms with Gasteiger partial charge in [0.15, 0.2) is 0 Å². The Morgan fingerprint density at radius 2 is 0.880 bits per heavy atom. The van der Waals surface area contributed by atoms with E-state index in [0.717, 1.165) is 77.2 Å². The molecule has 9 rings (SSSR count). The summed E-state index contributed by atoms with van der Waals surface area (Å²) in [5.74, 6) is 0. The van der Waals surface area contributed by atoms with Crippen molar-refractivity contribution in [3.8, 4) is 51.8 Å². The van der Waals surface area contributed by atoms with Gasteiger partial charge in [-0.3, -0.25) is 0 Å². The number of nitriles is 3. The molecule has 0 amide bonds. The van der Waals surface area contributed by atoms with Crippen LogP contribution in [0.1, 0.15) is 16.7 Å². The fraction of sp³-hybridized carbons (Fsp3) is 0. The molecule has 5 nitrogen and oxygen atoms in total. The van der Waals surface area contributed by atoms with E-state index < -0.39 is 0 Å². The van der Waals surface area contributed by atoms with Gasteiger partial charge in [0.2, 0.25) is 0 Å². The van der Waals surface area contributed by atoms with Gasteiger partial charge >= 0.3 is 0 Å². The number of fused-ring (bicyclic) bond motifs is 6. The average molecular weight is 636 g/mol. The van der Waals surface area contributed by atoms with Crippen LogP contribution in [0.2, 0.25) is 0 Å². The van der Waals surface area contributed by atoms with Gasteiger partial charge in [-0.25, -0.2) is 0 Å². The molecule has 2 aromatic heterocycles. The lowest BCUT2D eigenvalue weighted by atomic mass is 9.91. The van der Waals surface area contributed by atoms with Gasteiger partial charge in [0.25, 0.3) is 0 Å². The van der Waals surface area contributed by atoms with Crippen molar-refractivity contribution >= 4 is 43.6 Å². The van der Waals surface area contributed by atoms with E-state index >= 15 is 0 Å². The first-order chi connectivity index (χ1) is 24.7. The minimum atomic E-state index is 0.543. The maximum absolute atomic E-state index is 10.3. The van der Waals surface area contributed by atoms with Gasteiger partial charge in [-0.15, -0.1) is 0 Å². The topological polar surface area (TPSA) is 81.2 Å². The Kier molecular flexibility index (Phi) is 6.56. The first-order valence-electron chi connectivity index (χ1n) is 16.3. The Balaban J connectivity index is 1.31. The van der Waals surface area contributed by atoms with Crippen molar-refractivity contribution in [3.63, 3.8) is 0 Å². The molecule has 0 saturated heterocycles. The van der Waals surface area contributed by atoms with Crippen molar-refractivity contribution in [2.75, 3.05) is 0 Å². The molecule has 230 valence electrons. The van der Waals surface area contributed by atoms with Crippen LogP contribution in [0, 0.1) is 34.0 Å². The summed E-state index contributed by atoms with van der Waals surface area (Å²) in [5.41, 5.74) is 11.3. The van der Waals surface area contributed by atoms with Crippen LogP contribution in [-0.2, 0) is 0 Å². The third-order valence-corrected chi connectivity index (χ3v) is 9.58. The third kappa shape index (κ3) is 4.38. The molecule has 0 aliphatic carbocycles. The van der Waals surface area contributed by atoms with Crippen molar-refractivity contribution in [2.24, 2.45) is 0 Å². The predicted molar refractivity (Wildman–Crippen MR) is 200 cm³/mol. The maximum Gasteiger partial charge on any atom is 0.0992 e. The van der Waals surface area contributed by atoms with Gasteiger partial charge in [-0.1, -0.05) is 84.9 Å². The van der Waals surface area contributed by atoms with Gasteiger partial charge in [-0.2, -0.15) is 15.8 Å². The average Bonchev–Trinajstić information content (AvgIpc) is 3.70. The van der Waals surface area contributed by atoms with E-state index in [9.17, 15) is 15.8 Å². The van der Waals surface area contributed by atoms with Gasteiger partial charge < -0.3 is 9.13 Å². The molecule has 0 N–H and O–H groups in total. The van der Waals surface area contributed by atoms with Crippen LogP contribution >= 0.6 is 0 Å². The summed E-state index contributed by atoms with van der Waals surface area (Å²) < 4.78 is 4.42. The smallest absolute Gasteiger partial charge is 0.0992 e. The molecule has 50 heavy (non-hydrogen) atoms. The number of rotatable bonds is 4. The third-order valence-electron chi connectivity index (χ3n) is 9.58. The molecular formula is C45H25N5. The minimum absolute atomic E-state index is 0.543. The highest BCUT2D eigenvalue weighted by Gasteiger charge is 2.20. The molecule has 7 aromatic carbocycles. The second kappa shape index (κ2) is 11.4. The number of benzene rings is 7. The lowest BCUT2D eigenvalue weighted by molar-refractivity contribution is 1.17. The quantitative estimate of drug-likeness (QED) is 0.193. The monoisotopic (exact) mass is 635 g/mol. The second-order valence-corrected chi connectivity index (χ2v) is 12.3. The largest absolute Gasteiger partial charge is 0.309 e. The summed E-state index contributed by atoms with van der Waals surface area (Å²) in [5, 5.41) is 34.4. The second-order valence-electron chi connectivity index (χ2n) is 12.3. The first kappa shape index (κ1) is 28.8. The van der Waals surface area contributed by atoms with Crippen molar-refractivity contribution in [3.05, 3.63) is 168 Å². The molecule has 0 spiro atoms. The summed E-state index contributed by atoms with van der Waals surface area (Å²) in [6.45, 7) is 0. The molecule has 0 saturated carbocycles. The van der Waals surface area contributed by atoms with Crippen LogP contribution in [0.3, 0.4) is 0 Å². The van der Waals surface area contributed by atoms with Crippen LogP contribution in [0.15, 0.2) is 152 Å². The Hall–Kier alpha value is -7.39. The van der Waals surface area contributed by atoms with Crippen LogP contribution < -0.4 is 0 Å². The molecule has 9 aromatic rings. The molecule has 0 aliphatic rings. The van der Waals surface area contributed by atoms with E-state index in [1.54, 1.807) is 0 Å². The first-order valence-corrected chi connectivity index (χ1v) is 16.3. The number of hydrogen-bond acceptors (Lipinski definition) is 3. The molecule has 0 bridgehead atoms. The summed E-state index contributed by atoms with van der Waals surface area (Å²) in [7, 11) is 0. The molecule has 5 heteroatoms. The van der Waals surface area contributed by atoms with Crippen molar-refractivity contribution in [1.82, 2.24) is 9.13 Å². The lowest BCUT2D eigenvalue weighted by Gasteiger charge is -2.18. The van der Waals surface area contributed by atoms with E-state index in [0.29, 0.717) is 16.7 Å². The Morgan fingerprint density at radius 1 is 0.360 bits per heavy atom. The Labute approximate surface area is 287 Å². The zero-order valence-electron chi connectivity index (χ0n) is 26.7. The van der Waals surface area contributed by atoms with Crippen molar-refractivity contribution in [2.45, 2.75) is 0 Å². The van der Waals surface area contributed by atoms with Crippen molar-refractivity contribution < 1.29 is 0 Å². The van der Waals surface area contributed by atoms with E-state index in [2.05, 4.69) is 94.1 Å². The van der Waals surface area contributed by atoms with Gasteiger partial charge in [0, 0.05) is 32.8 Å². The Bertz CT molecular complexity index is 2920. The minimum Gasteiger partial charge on any atom is -0.309 e. The summed E-state index contributed by atoms with van der Waals surface area (Å²) in [6, 6.07) is 57.8. The molecule has 0 atom stereocenters. The van der Waals surface area contributed by atoms with Crippen molar-refractivity contribution in [1.29, 1.82) is 15.8 Å². The SMILES string of the molecule is N#Cc1cc(-c2ccccc2-c2ccc(C#N)cc2-n2c3ccccc3c3cc(C#N)ccc32)cc(-n2c3ccccc3c3ccccc32)c1. The standard InChI is InChI=1S/C45H25N5/c46-26-29-18-20-44-40(23-29)38-13-5-8-16-43(38)50(44)45-24-30(27-47)17-19-39(45)35-10-2-1-9-34(35)32-21-31(28-48)22-33(25-32)49-41-14-6-3-11-36(41)37-12-4-7-15-42(37)49/h1-25H. The predicted octanol–water partition coefficient (Wildman–Crippen LogP) is 10.8. The number of nitrogens with zero attached hydrogens (tertiary/aromatic N) is 5. The molecule has 0 fully saturated rings. The van der Waals surface area contributed by atoms with Gasteiger partial charge in [0.1, 0.15) is 0 Å². The fourth-order valence-electron chi connectivity index (χ4n) is 7.45. The molecule has 0 radical (unpaired) electrons. The normalized spacial score (nSPS) is 11.1. The van der Waals surface area contributed by atoms with Crippen LogP contribution in [0.5, 0.6) is 0 Å². The molecule has 2 heterocycles. The number of aromatic nitrogens is 2. The fourth-order valence-corrected chi connectivity index (χ4v) is 7.45. The van der Waals surface area contributed by atoms with Crippen LogP contribution in [0.25, 0.3) is 77.2 Å². The number of hydrogen-bond donors (Lipinski definition) is 0. The summed E-state index contributed by atoms with van der Waals surface area (Å²) >= 11 is 0. The molecule has 0 unspecified atom stereocenters. The lowest BCUT2D eigenvalue weighted by Crippen LogP contribution is -2.00. The Morgan fingerprint density at radius 3 is 1.54 bits per heavy atom. The highest BCUT2D eigenvalue weighted by molar-refractivity contribution is 6.11. The maximum atomic E-state index is 10.3. The van der Waals surface area contributed by atoms with Gasteiger partial charge in [0.05, 0.1) is 62.7 Å². The van der Waals surface area contributed by atoms with Crippen LogP contribution in [-0.4, -0.2) is 9.13 Å². The van der Waals surface area contributed by atoms with Gasteiger partial charge in [-0.05, 0) is 83.4 Å². The highest BCUT2D eigenvalue weighted by atomic mass is 15.0. The molecular weight excluding hydrogens is 611 g/mol. The highest BCUT2D eigenvalue weighted by Crippen LogP contribution is 2.41. The summed E-state index contributed by atoms with van der Waals surface area (Å²) in [4.78, 5) is 0. The van der Waals surface area contributed by atoms with E-state index in [1.165, 1.54) is 0 Å². The van der Waals surface area contributed by atoms with E-state index in [4.69, 9.17) is 0 Å². The summed E-state index contributed by atoms with van der Waals surface area (Å²) in [6.07, 6.45) is 0. The van der Waals surface area contributed by atoms with Crippen LogP contribution in [0.4, 0.5) is 0 Å². The van der Waals surface area contributed by atoms with E-state index in [1.807, 2.05) is 84.9 Å². The zero-order valence-corrected chi connectivity index (χ0v) is 26.7. The van der Waals surface area contributed by atoms with E-state index in [-0.39, 0.29) is 0 Å².